The molecular weight excluding hydrogens is 300 g/mol. The van der Waals surface area contributed by atoms with E-state index in [2.05, 4.69) is 44.8 Å². The third-order valence-electron chi connectivity index (χ3n) is 5.11. The molecule has 0 bridgehead atoms. The molecule has 5 nitrogen and oxygen atoms in total. The second kappa shape index (κ2) is 6.83. The Balaban J connectivity index is 1.77. The Morgan fingerprint density at radius 3 is 2.67 bits per heavy atom. The number of hydrogen-bond acceptors (Lipinski definition) is 2. The van der Waals surface area contributed by atoms with Gasteiger partial charge in [-0.05, 0) is 38.3 Å². The van der Waals surface area contributed by atoms with Crippen LogP contribution in [0.15, 0.2) is 29.3 Å². The first kappa shape index (κ1) is 16.8. The van der Waals surface area contributed by atoms with Crippen molar-refractivity contribution >= 4 is 17.6 Å². The number of para-hydroxylation sites is 1. The van der Waals surface area contributed by atoms with Crippen molar-refractivity contribution in [2.75, 3.05) is 25.0 Å². The summed E-state index contributed by atoms with van der Waals surface area (Å²) >= 11 is 0. The van der Waals surface area contributed by atoms with Crippen LogP contribution in [0.4, 0.5) is 5.69 Å². The lowest BCUT2D eigenvalue weighted by Gasteiger charge is -2.26. The minimum atomic E-state index is -0.00536. The lowest BCUT2D eigenvalue weighted by molar-refractivity contribution is -0.120. The van der Waals surface area contributed by atoms with Crippen molar-refractivity contribution in [1.29, 1.82) is 0 Å². The maximum absolute atomic E-state index is 11.9. The van der Waals surface area contributed by atoms with Crippen molar-refractivity contribution in [2.45, 2.75) is 51.0 Å². The normalized spacial score (nSPS) is 19.0. The molecule has 2 N–H and O–H groups in total. The van der Waals surface area contributed by atoms with Gasteiger partial charge in [-0.1, -0.05) is 31.0 Å². The maximum atomic E-state index is 11.9. The summed E-state index contributed by atoms with van der Waals surface area (Å²) in [5.74, 6) is 0.777. The fraction of sp³-hybridized carbons (Fsp3) is 0.579. The zero-order valence-corrected chi connectivity index (χ0v) is 14.9. The lowest BCUT2D eigenvalue weighted by atomic mass is 9.81. The SMILES string of the molecule is CN=C(NCC(=O)NC(C)C)N1CC2(CCCC2)c2ccccc21. The summed E-state index contributed by atoms with van der Waals surface area (Å²) < 4.78 is 0. The van der Waals surface area contributed by atoms with Crippen LogP contribution in [0.1, 0.15) is 45.1 Å². The summed E-state index contributed by atoms with van der Waals surface area (Å²) in [6.07, 6.45) is 5.08. The van der Waals surface area contributed by atoms with E-state index in [1.807, 2.05) is 13.8 Å². The predicted molar refractivity (Wildman–Crippen MR) is 98.6 cm³/mol. The van der Waals surface area contributed by atoms with E-state index in [1.165, 1.54) is 36.9 Å². The zero-order chi connectivity index (χ0) is 17.2. The molecule has 1 aromatic rings. The first-order valence-corrected chi connectivity index (χ1v) is 8.93. The number of amides is 1. The minimum absolute atomic E-state index is 0.00536. The molecule has 2 aliphatic rings. The third-order valence-corrected chi connectivity index (χ3v) is 5.11. The number of guanidine groups is 1. The van der Waals surface area contributed by atoms with Gasteiger partial charge in [0.1, 0.15) is 0 Å². The average Bonchev–Trinajstić information content (AvgIpc) is 3.15. The number of carbonyl (C=O) groups is 1. The molecule has 0 saturated heterocycles. The minimum Gasteiger partial charge on any atom is -0.352 e. The highest BCUT2D eigenvalue weighted by Crippen LogP contribution is 2.50. The van der Waals surface area contributed by atoms with E-state index in [0.29, 0.717) is 0 Å². The molecule has 130 valence electrons. The molecule has 1 saturated carbocycles. The Labute approximate surface area is 144 Å². The third kappa shape index (κ3) is 3.12. The number of rotatable bonds is 3. The Kier molecular flexibility index (Phi) is 4.78. The van der Waals surface area contributed by atoms with Gasteiger partial charge in [0.15, 0.2) is 5.96 Å². The van der Waals surface area contributed by atoms with Gasteiger partial charge in [0.05, 0.1) is 6.54 Å². The van der Waals surface area contributed by atoms with Gasteiger partial charge in [-0.2, -0.15) is 0 Å². The van der Waals surface area contributed by atoms with Crippen molar-refractivity contribution in [2.24, 2.45) is 4.99 Å². The molecule has 1 spiro atoms. The molecule has 24 heavy (non-hydrogen) atoms. The summed E-state index contributed by atoms with van der Waals surface area (Å²) in [5, 5.41) is 6.13. The van der Waals surface area contributed by atoms with Crippen LogP contribution in [0, 0.1) is 0 Å². The molecule has 0 unspecified atom stereocenters. The van der Waals surface area contributed by atoms with Crippen LogP contribution < -0.4 is 15.5 Å². The fourth-order valence-corrected chi connectivity index (χ4v) is 4.13. The first-order chi connectivity index (χ1) is 11.6. The van der Waals surface area contributed by atoms with E-state index in [9.17, 15) is 4.79 Å². The molecule has 1 aromatic carbocycles. The average molecular weight is 328 g/mol. The van der Waals surface area contributed by atoms with Crippen LogP contribution in [-0.4, -0.2) is 38.0 Å². The summed E-state index contributed by atoms with van der Waals surface area (Å²) in [7, 11) is 1.78. The zero-order valence-electron chi connectivity index (χ0n) is 14.9. The van der Waals surface area contributed by atoms with E-state index in [0.717, 1.165) is 12.5 Å². The fourth-order valence-electron chi connectivity index (χ4n) is 4.13. The van der Waals surface area contributed by atoms with Gasteiger partial charge in [0, 0.05) is 30.7 Å². The van der Waals surface area contributed by atoms with Crippen LogP contribution in [-0.2, 0) is 10.2 Å². The predicted octanol–water partition coefficient (Wildman–Crippen LogP) is 2.42. The Morgan fingerprint density at radius 2 is 2.00 bits per heavy atom. The molecule has 3 rings (SSSR count). The number of fused-ring (bicyclic) bond motifs is 2. The Morgan fingerprint density at radius 1 is 1.29 bits per heavy atom. The number of benzene rings is 1. The van der Waals surface area contributed by atoms with E-state index in [1.54, 1.807) is 7.05 Å². The number of anilines is 1. The van der Waals surface area contributed by atoms with Crippen LogP contribution in [0.25, 0.3) is 0 Å². The van der Waals surface area contributed by atoms with E-state index in [-0.39, 0.29) is 23.9 Å². The molecule has 1 heterocycles. The van der Waals surface area contributed by atoms with Gasteiger partial charge in [-0.3, -0.25) is 9.79 Å². The van der Waals surface area contributed by atoms with E-state index >= 15 is 0 Å². The summed E-state index contributed by atoms with van der Waals surface area (Å²) in [5.41, 5.74) is 2.93. The second-order valence-electron chi connectivity index (χ2n) is 7.21. The highest BCUT2D eigenvalue weighted by Gasteiger charge is 2.45. The quantitative estimate of drug-likeness (QED) is 0.662. The van der Waals surface area contributed by atoms with Crippen LogP contribution >= 0.6 is 0 Å². The van der Waals surface area contributed by atoms with E-state index in [4.69, 9.17) is 0 Å². The Hall–Kier alpha value is -2.04. The highest BCUT2D eigenvalue weighted by atomic mass is 16.2. The van der Waals surface area contributed by atoms with Gasteiger partial charge < -0.3 is 15.5 Å². The molecule has 0 atom stereocenters. The van der Waals surface area contributed by atoms with Crippen molar-refractivity contribution in [3.63, 3.8) is 0 Å². The Bertz CT molecular complexity index is 632. The molecule has 0 radical (unpaired) electrons. The van der Waals surface area contributed by atoms with Crippen molar-refractivity contribution in [1.82, 2.24) is 10.6 Å². The molecule has 5 heteroatoms. The summed E-state index contributed by atoms with van der Waals surface area (Å²) in [6.45, 7) is 5.13. The number of carbonyl (C=O) groups excluding carboxylic acids is 1. The molecule has 0 aromatic heterocycles. The van der Waals surface area contributed by atoms with Gasteiger partial charge >= 0.3 is 0 Å². The van der Waals surface area contributed by atoms with Crippen molar-refractivity contribution in [3.05, 3.63) is 29.8 Å². The monoisotopic (exact) mass is 328 g/mol. The smallest absolute Gasteiger partial charge is 0.239 e. The molecule has 1 aliphatic heterocycles. The molecular formula is C19H28N4O. The lowest BCUT2D eigenvalue weighted by Crippen LogP contribution is -2.47. The topological polar surface area (TPSA) is 56.7 Å². The number of nitrogens with zero attached hydrogens (tertiary/aromatic N) is 2. The van der Waals surface area contributed by atoms with Crippen LogP contribution in [0.5, 0.6) is 0 Å². The second-order valence-corrected chi connectivity index (χ2v) is 7.21. The first-order valence-electron chi connectivity index (χ1n) is 8.93. The van der Waals surface area contributed by atoms with Gasteiger partial charge in [0.25, 0.3) is 0 Å². The van der Waals surface area contributed by atoms with E-state index < -0.39 is 0 Å². The molecule has 1 amide bonds. The highest BCUT2D eigenvalue weighted by molar-refractivity contribution is 6.00. The van der Waals surface area contributed by atoms with Crippen molar-refractivity contribution in [3.8, 4) is 0 Å². The standard InChI is InChI=1S/C19H28N4O/c1-14(2)22-17(24)12-21-18(20-3)23-13-19(10-6-7-11-19)15-8-4-5-9-16(15)23/h4-5,8-9,14H,6-7,10-13H2,1-3H3,(H,20,21)(H,22,24). The molecule has 1 fully saturated rings. The van der Waals surface area contributed by atoms with Gasteiger partial charge in [0.2, 0.25) is 5.91 Å². The van der Waals surface area contributed by atoms with Gasteiger partial charge in [-0.25, -0.2) is 0 Å². The number of hydrogen-bond donors (Lipinski definition) is 2. The number of aliphatic imine (C=N–C) groups is 1. The summed E-state index contributed by atoms with van der Waals surface area (Å²) in [4.78, 5) is 18.6. The summed E-state index contributed by atoms with van der Waals surface area (Å²) in [6, 6.07) is 8.80. The van der Waals surface area contributed by atoms with Gasteiger partial charge in [-0.15, -0.1) is 0 Å². The largest absolute Gasteiger partial charge is 0.352 e. The number of nitrogens with one attached hydrogen (secondary N) is 2. The maximum Gasteiger partial charge on any atom is 0.239 e. The van der Waals surface area contributed by atoms with Crippen LogP contribution in [0.3, 0.4) is 0 Å². The molecule has 1 aliphatic carbocycles. The van der Waals surface area contributed by atoms with Crippen molar-refractivity contribution < 1.29 is 4.79 Å². The van der Waals surface area contributed by atoms with Crippen LogP contribution in [0.2, 0.25) is 0 Å².